The minimum absolute atomic E-state index is 0.0588. The summed E-state index contributed by atoms with van der Waals surface area (Å²) in [5, 5.41) is 13.9. The number of piperidine rings is 1. The molecule has 2 aromatic rings. The van der Waals surface area contributed by atoms with Crippen LogP contribution in [0, 0.1) is 0 Å². The molecule has 0 saturated carbocycles. The van der Waals surface area contributed by atoms with Crippen LogP contribution in [0.5, 0.6) is 5.75 Å². The van der Waals surface area contributed by atoms with Crippen LogP contribution in [0.25, 0.3) is 5.69 Å². The van der Waals surface area contributed by atoms with Crippen LogP contribution in [-0.2, 0) is 4.79 Å². The van der Waals surface area contributed by atoms with Crippen LogP contribution >= 0.6 is 11.8 Å². The summed E-state index contributed by atoms with van der Waals surface area (Å²) in [6, 6.07) is 7.10. The van der Waals surface area contributed by atoms with Crippen LogP contribution in [0.15, 0.2) is 29.4 Å². The molecule has 0 bridgehead atoms. The zero-order chi connectivity index (χ0) is 22.4. The minimum Gasteiger partial charge on any atom is -0.495 e. The Morgan fingerprint density at radius 1 is 1.10 bits per heavy atom. The molecule has 3 amide bonds. The Morgan fingerprint density at radius 3 is 2.48 bits per heavy atom. The molecule has 1 fully saturated rings. The molecule has 10 heteroatoms. The number of rotatable bonds is 7. The summed E-state index contributed by atoms with van der Waals surface area (Å²) in [5.74, 6) is 1.03. The van der Waals surface area contributed by atoms with Gasteiger partial charge in [-0.15, -0.1) is 10.2 Å². The predicted octanol–water partition coefficient (Wildman–Crippen LogP) is 2.98. The zero-order valence-electron chi connectivity index (χ0n) is 18.4. The Morgan fingerprint density at radius 2 is 1.81 bits per heavy atom. The van der Waals surface area contributed by atoms with Gasteiger partial charge in [0.2, 0.25) is 11.9 Å². The molecular weight excluding hydrogens is 416 g/mol. The molecule has 0 radical (unpaired) electrons. The maximum Gasteiger partial charge on any atom is 0.321 e. The summed E-state index contributed by atoms with van der Waals surface area (Å²) in [7, 11) is 1.62. The fourth-order valence-electron chi connectivity index (χ4n) is 3.39. The van der Waals surface area contributed by atoms with Crippen molar-refractivity contribution in [2.24, 2.45) is 0 Å². The summed E-state index contributed by atoms with van der Waals surface area (Å²) >= 11 is 1.25. The molecule has 1 aromatic carbocycles. The maximum atomic E-state index is 12.5. The molecule has 1 aromatic heterocycles. The van der Waals surface area contributed by atoms with Crippen molar-refractivity contribution in [3.05, 3.63) is 24.3 Å². The topological polar surface area (TPSA) is 101 Å². The number of nitrogens with one attached hydrogen (secondary N) is 2. The lowest BCUT2D eigenvalue weighted by molar-refractivity contribution is -0.119. The number of para-hydroxylation sites is 2. The zero-order valence-corrected chi connectivity index (χ0v) is 19.2. The number of amides is 3. The first kappa shape index (κ1) is 22.9. The Hall–Kier alpha value is -2.75. The first-order valence-corrected chi connectivity index (χ1v) is 11.4. The van der Waals surface area contributed by atoms with Crippen molar-refractivity contribution < 1.29 is 14.3 Å². The summed E-state index contributed by atoms with van der Waals surface area (Å²) in [6.45, 7) is 7.22. The van der Waals surface area contributed by atoms with Crippen LogP contribution in [0.2, 0.25) is 0 Å². The number of carbonyl (C=O) groups is 2. The molecule has 0 unspecified atom stereocenters. The van der Waals surface area contributed by atoms with Gasteiger partial charge in [-0.05, 0) is 52.2 Å². The van der Waals surface area contributed by atoms with Crippen molar-refractivity contribution in [2.75, 3.05) is 25.1 Å². The molecule has 2 heterocycles. The lowest BCUT2D eigenvalue weighted by Crippen LogP contribution is -2.45. The average Bonchev–Trinajstić information content (AvgIpc) is 3.16. The van der Waals surface area contributed by atoms with E-state index < -0.39 is 17.2 Å². The lowest BCUT2D eigenvalue weighted by atomic mass is 10.1. The number of nitrogens with zero attached hydrogens (tertiary/aromatic N) is 4. The van der Waals surface area contributed by atoms with Gasteiger partial charge < -0.3 is 15.0 Å². The summed E-state index contributed by atoms with van der Waals surface area (Å²) < 4.78 is 7.51. The number of imide groups is 1. The van der Waals surface area contributed by atoms with Gasteiger partial charge in [-0.1, -0.05) is 23.9 Å². The highest BCUT2D eigenvalue weighted by Gasteiger charge is 2.26. The van der Waals surface area contributed by atoms with Crippen LogP contribution in [0.1, 0.15) is 40.0 Å². The van der Waals surface area contributed by atoms with Crippen LogP contribution < -0.4 is 20.3 Å². The number of urea groups is 1. The summed E-state index contributed by atoms with van der Waals surface area (Å²) in [4.78, 5) is 26.6. The molecule has 1 aliphatic heterocycles. The molecule has 3 rings (SSSR count). The molecule has 0 spiro atoms. The summed E-state index contributed by atoms with van der Waals surface area (Å²) in [5.41, 5.74) is 0.809. The molecule has 1 aliphatic rings. The number of benzene rings is 1. The third-order valence-electron chi connectivity index (χ3n) is 4.89. The number of anilines is 1. The monoisotopic (exact) mass is 446 g/mol. The second kappa shape index (κ2) is 10.5. The maximum absolute atomic E-state index is 12.5. The molecule has 9 nitrogen and oxygen atoms in total. The van der Waals surface area contributed by atoms with Crippen molar-refractivity contribution >= 4 is 29.6 Å². The normalized spacial score (nSPS) is 14.9. The van der Waals surface area contributed by atoms with Gasteiger partial charge in [0, 0.05) is 19.1 Å². The van der Waals surface area contributed by atoms with Gasteiger partial charge in [0.25, 0.3) is 0 Å². The Labute approximate surface area is 186 Å². The smallest absolute Gasteiger partial charge is 0.321 e. The van der Waals surface area contributed by atoms with E-state index in [1.807, 2.05) is 42.7 Å². The molecule has 31 heavy (non-hydrogen) atoms. The number of hydrogen-bond acceptors (Lipinski definition) is 7. The van der Waals surface area contributed by atoms with Crippen molar-refractivity contribution in [2.45, 2.75) is 56.5 Å². The van der Waals surface area contributed by atoms with E-state index in [2.05, 4.69) is 25.7 Å². The van der Waals surface area contributed by atoms with E-state index in [0.717, 1.165) is 37.6 Å². The molecule has 1 saturated heterocycles. The van der Waals surface area contributed by atoms with Crippen molar-refractivity contribution in [1.82, 2.24) is 25.4 Å². The van der Waals surface area contributed by atoms with Gasteiger partial charge in [-0.3, -0.25) is 14.7 Å². The van der Waals surface area contributed by atoms with Crippen molar-refractivity contribution in [3.8, 4) is 11.4 Å². The standard InChI is InChI=1S/C21H30N6O3S/c1-14(2)22-19(29)23-18(28)15(3)31-21-25-24-20(26-12-8-5-9-13-26)27(21)16-10-6-7-11-17(16)30-4/h6-7,10-11,14-15H,5,8-9,12-13H2,1-4H3,(H2,22,23,28,29)/t15-/m0/s1. The average molecular weight is 447 g/mol. The van der Waals surface area contributed by atoms with Gasteiger partial charge in [0.1, 0.15) is 5.75 Å². The van der Waals surface area contributed by atoms with Gasteiger partial charge >= 0.3 is 6.03 Å². The first-order valence-electron chi connectivity index (χ1n) is 10.5. The third kappa shape index (κ3) is 5.69. The number of hydrogen-bond donors (Lipinski definition) is 2. The number of methoxy groups -OCH3 is 1. The first-order chi connectivity index (χ1) is 14.9. The quantitative estimate of drug-likeness (QED) is 0.631. The summed E-state index contributed by atoms with van der Waals surface area (Å²) in [6.07, 6.45) is 3.41. The molecular formula is C21H30N6O3S. The van der Waals surface area contributed by atoms with E-state index >= 15 is 0 Å². The fraction of sp³-hybridized carbons (Fsp3) is 0.524. The van der Waals surface area contributed by atoms with Gasteiger partial charge in [-0.2, -0.15) is 0 Å². The molecule has 2 N–H and O–H groups in total. The molecule has 168 valence electrons. The van der Waals surface area contributed by atoms with Crippen LogP contribution in [0.3, 0.4) is 0 Å². The number of thioether (sulfide) groups is 1. The van der Waals surface area contributed by atoms with E-state index in [4.69, 9.17) is 4.74 Å². The van der Waals surface area contributed by atoms with E-state index in [1.165, 1.54) is 18.2 Å². The van der Waals surface area contributed by atoms with Crippen LogP contribution in [-0.4, -0.2) is 58.2 Å². The predicted molar refractivity (Wildman–Crippen MR) is 121 cm³/mol. The van der Waals surface area contributed by atoms with E-state index in [0.29, 0.717) is 10.9 Å². The lowest BCUT2D eigenvalue weighted by Gasteiger charge is -2.28. The molecule has 0 aliphatic carbocycles. The van der Waals surface area contributed by atoms with Crippen molar-refractivity contribution in [3.63, 3.8) is 0 Å². The highest BCUT2D eigenvalue weighted by molar-refractivity contribution is 8.00. The SMILES string of the molecule is COc1ccccc1-n1c(S[C@@H](C)C(=O)NC(=O)NC(C)C)nnc1N1CCCCC1. The molecule has 1 atom stereocenters. The second-order valence-electron chi connectivity index (χ2n) is 7.72. The van der Waals surface area contributed by atoms with Crippen LogP contribution in [0.4, 0.5) is 10.7 Å². The van der Waals surface area contributed by atoms with Crippen molar-refractivity contribution in [1.29, 1.82) is 0 Å². The van der Waals surface area contributed by atoms with Gasteiger partial charge in [-0.25, -0.2) is 4.79 Å². The Balaban J connectivity index is 1.88. The minimum atomic E-state index is -0.551. The van der Waals surface area contributed by atoms with Gasteiger partial charge in [0.15, 0.2) is 5.16 Å². The van der Waals surface area contributed by atoms with E-state index in [9.17, 15) is 9.59 Å². The van der Waals surface area contributed by atoms with E-state index in [-0.39, 0.29) is 6.04 Å². The number of aromatic nitrogens is 3. The number of carbonyl (C=O) groups excluding carboxylic acids is 2. The second-order valence-corrected chi connectivity index (χ2v) is 9.02. The third-order valence-corrected chi connectivity index (χ3v) is 5.93. The fourth-order valence-corrected chi connectivity index (χ4v) is 4.24. The largest absolute Gasteiger partial charge is 0.495 e. The Bertz CT molecular complexity index is 910. The highest BCUT2D eigenvalue weighted by Crippen LogP contribution is 2.34. The number of ether oxygens (including phenoxy) is 1. The highest BCUT2D eigenvalue weighted by atomic mass is 32.2. The van der Waals surface area contributed by atoms with E-state index in [1.54, 1.807) is 14.0 Å². The van der Waals surface area contributed by atoms with Gasteiger partial charge in [0.05, 0.1) is 18.0 Å². The Kier molecular flexibility index (Phi) is 7.78.